The number of aryl methyl sites for hydroxylation is 1. The van der Waals surface area contributed by atoms with Crippen LogP contribution in [0.25, 0.3) is 76.5 Å². The molecular formula is C52H40O9. The third-order valence-corrected chi connectivity index (χ3v) is 12.6. The summed E-state index contributed by atoms with van der Waals surface area (Å²) < 4.78 is 6.25. The van der Waals surface area contributed by atoms with Crippen LogP contribution in [0.15, 0.2) is 131 Å². The molecule has 1 heterocycles. The summed E-state index contributed by atoms with van der Waals surface area (Å²) in [6.07, 6.45) is 7.97. The molecule has 0 bridgehead atoms. The minimum absolute atomic E-state index is 0.000752. The van der Waals surface area contributed by atoms with Gasteiger partial charge in [0, 0.05) is 55.3 Å². The Morgan fingerprint density at radius 1 is 0.492 bits per heavy atom. The van der Waals surface area contributed by atoms with Crippen LogP contribution in [-0.2, 0) is 6.42 Å². The standard InChI is InChI=1S/C52H40O9/c1-3-25-11-5-7-16-31(25)37-26(4-2)13-10-18-33(37)28-14-9-15-29(23-28)38-41-43(47(55)51(59)49(57)45(41)53)39(44-42(38)46(54)50(58)52(60)48(44)56)30-20-21-35-34(24-30)40-32-17-8-6-12-27(32)19-22-36(40)61-35/h5-24,33,37,53-60H,3-4H2,1-2H3. The van der Waals surface area contributed by atoms with Gasteiger partial charge >= 0.3 is 0 Å². The second kappa shape index (κ2) is 13.9. The van der Waals surface area contributed by atoms with Gasteiger partial charge < -0.3 is 45.3 Å². The summed E-state index contributed by atoms with van der Waals surface area (Å²) >= 11 is 0. The highest BCUT2D eigenvalue weighted by Gasteiger charge is 2.34. The summed E-state index contributed by atoms with van der Waals surface area (Å²) in [5.41, 5.74) is 6.28. The highest BCUT2D eigenvalue weighted by atomic mass is 16.4. The lowest BCUT2D eigenvalue weighted by Gasteiger charge is -2.32. The number of furan rings is 1. The number of hydrogen-bond acceptors (Lipinski definition) is 9. The first-order valence-electron chi connectivity index (χ1n) is 20.2. The van der Waals surface area contributed by atoms with Crippen molar-refractivity contribution in [2.24, 2.45) is 0 Å². The third-order valence-electron chi connectivity index (χ3n) is 12.6. The molecule has 0 saturated carbocycles. The van der Waals surface area contributed by atoms with E-state index in [1.807, 2.05) is 72.8 Å². The van der Waals surface area contributed by atoms with Crippen molar-refractivity contribution in [3.63, 3.8) is 0 Å². The molecule has 1 aliphatic carbocycles. The first-order chi connectivity index (χ1) is 29.5. The van der Waals surface area contributed by atoms with Crippen LogP contribution in [0.3, 0.4) is 0 Å². The maximum atomic E-state index is 11.9. The molecule has 0 fully saturated rings. The number of phenolic OH excluding ortho intramolecular Hbond substituents is 8. The summed E-state index contributed by atoms with van der Waals surface area (Å²) in [5.74, 6) is -7.62. The Kier molecular flexibility index (Phi) is 8.55. The van der Waals surface area contributed by atoms with E-state index in [-0.39, 0.29) is 44.5 Å². The van der Waals surface area contributed by atoms with Gasteiger partial charge in [-0.2, -0.15) is 0 Å². The maximum absolute atomic E-state index is 11.9. The van der Waals surface area contributed by atoms with E-state index in [2.05, 4.69) is 38.1 Å². The largest absolute Gasteiger partial charge is 0.504 e. The quantitative estimate of drug-likeness (QED) is 0.0462. The molecule has 8 N–H and O–H groups in total. The molecule has 0 saturated heterocycles. The molecule has 0 amide bonds. The van der Waals surface area contributed by atoms with Gasteiger partial charge in [-0.05, 0) is 69.6 Å². The lowest BCUT2D eigenvalue weighted by Crippen LogP contribution is -2.16. The summed E-state index contributed by atoms with van der Waals surface area (Å²) in [6, 6.07) is 32.5. The van der Waals surface area contributed by atoms with Gasteiger partial charge in [0.15, 0.2) is 23.0 Å². The molecule has 2 atom stereocenters. The molecule has 2 unspecified atom stereocenters. The van der Waals surface area contributed by atoms with Gasteiger partial charge in [-0.3, -0.25) is 0 Å². The number of hydrogen-bond donors (Lipinski definition) is 8. The predicted molar refractivity (Wildman–Crippen MR) is 239 cm³/mol. The van der Waals surface area contributed by atoms with Crippen molar-refractivity contribution in [1.29, 1.82) is 0 Å². The third kappa shape index (κ3) is 5.40. The average molecular weight is 809 g/mol. The highest BCUT2D eigenvalue weighted by molar-refractivity contribution is 6.29. The molecule has 10 rings (SSSR count). The Labute approximate surface area is 348 Å². The van der Waals surface area contributed by atoms with E-state index in [4.69, 9.17) is 4.42 Å². The van der Waals surface area contributed by atoms with Crippen LogP contribution in [-0.4, -0.2) is 40.9 Å². The van der Waals surface area contributed by atoms with E-state index in [1.54, 1.807) is 24.3 Å². The predicted octanol–water partition coefficient (Wildman–Crippen LogP) is 12.4. The summed E-state index contributed by atoms with van der Waals surface area (Å²) in [5, 5.41) is 94.9. The molecule has 9 nitrogen and oxygen atoms in total. The van der Waals surface area contributed by atoms with Crippen LogP contribution in [0, 0.1) is 0 Å². The molecule has 9 heteroatoms. The van der Waals surface area contributed by atoms with Gasteiger partial charge in [-0.25, -0.2) is 0 Å². The van der Waals surface area contributed by atoms with Crippen molar-refractivity contribution in [3.05, 3.63) is 144 Å². The minimum atomic E-state index is -1.03. The fraction of sp³-hybridized carbons (Fsp3) is 0.115. The zero-order valence-corrected chi connectivity index (χ0v) is 33.1. The van der Waals surface area contributed by atoms with Crippen LogP contribution in [0.4, 0.5) is 0 Å². The van der Waals surface area contributed by atoms with Gasteiger partial charge in [0.05, 0.1) is 0 Å². The van der Waals surface area contributed by atoms with Crippen LogP contribution in [0.5, 0.6) is 46.0 Å². The van der Waals surface area contributed by atoms with Gasteiger partial charge in [0.25, 0.3) is 0 Å². The number of aromatic hydroxyl groups is 8. The zero-order valence-electron chi connectivity index (χ0n) is 33.1. The number of allylic oxidation sites excluding steroid dienone is 4. The van der Waals surface area contributed by atoms with Crippen LogP contribution in [0.1, 0.15) is 48.8 Å². The van der Waals surface area contributed by atoms with Crippen molar-refractivity contribution in [3.8, 4) is 68.2 Å². The Hall–Kier alpha value is -7.78. The average Bonchev–Trinajstić information content (AvgIpc) is 3.68. The first-order valence-corrected chi connectivity index (χ1v) is 20.2. The molecule has 302 valence electrons. The molecule has 0 aliphatic heterocycles. The molecule has 1 aliphatic rings. The monoisotopic (exact) mass is 808 g/mol. The van der Waals surface area contributed by atoms with E-state index in [0.717, 1.165) is 34.6 Å². The Morgan fingerprint density at radius 3 is 1.72 bits per heavy atom. The molecule has 1 aromatic heterocycles. The topological polar surface area (TPSA) is 175 Å². The summed E-state index contributed by atoms with van der Waals surface area (Å²) in [4.78, 5) is 0. The summed E-state index contributed by atoms with van der Waals surface area (Å²) in [6.45, 7) is 4.26. The number of fused-ring (bicyclic) bond motifs is 7. The molecular weight excluding hydrogens is 769 g/mol. The summed E-state index contributed by atoms with van der Waals surface area (Å²) in [7, 11) is 0. The molecule has 9 aromatic rings. The Balaban J connectivity index is 1.32. The number of rotatable bonds is 6. The smallest absolute Gasteiger partial charge is 0.204 e. The highest BCUT2D eigenvalue weighted by Crippen LogP contribution is 2.62. The van der Waals surface area contributed by atoms with Crippen molar-refractivity contribution in [2.75, 3.05) is 0 Å². The number of phenols is 8. The van der Waals surface area contributed by atoms with E-state index in [9.17, 15) is 40.9 Å². The zero-order chi connectivity index (χ0) is 42.4. The van der Waals surface area contributed by atoms with Gasteiger partial charge in [-0.1, -0.05) is 123 Å². The normalized spacial score (nSPS) is 15.4. The number of benzene rings is 8. The lowest BCUT2D eigenvalue weighted by atomic mass is 9.72. The van der Waals surface area contributed by atoms with Crippen molar-refractivity contribution >= 4 is 54.3 Å². The van der Waals surface area contributed by atoms with E-state index in [1.165, 1.54) is 16.7 Å². The van der Waals surface area contributed by atoms with Gasteiger partial charge in [0.1, 0.15) is 11.2 Å². The molecule has 0 radical (unpaired) electrons. The lowest BCUT2D eigenvalue weighted by molar-refractivity contribution is 0.350. The van der Waals surface area contributed by atoms with E-state index in [0.29, 0.717) is 27.7 Å². The second-order valence-corrected chi connectivity index (χ2v) is 15.7. The van der Waals surface area contributed by atoms with Crippen molar-refractivity contribution < 1.29 is 45.3 Å². The molecule has 0 spiro atoms. The van der Waals surface area contributed by atoms with Gasteiger partial charge in [-0.15, -0.1) is 0 Å². The minimum Gasteiger partial charge on any atom is -0.504 e. The maximum Gasteiger partial charge on any atom is 0.204 e. The van der Waals surface area contributed by atoms with Crippen molar-refractivity contribution in [1.82, 2.24) is 0 Å². The Morgan fingerprint density at radius 2 is 1.08 bits per heavy atom. The van der Waals surface area contributed by atoms with Crippen LogP contribution in [0.2, 0.25) is 0 Å². The molecule has 8 aromatic carbocycles. The first kappa shape index (κ1) is 37.5. The van der Waals surface area contributed by atoms with E-state index >= 15 is 0 Å². The van der Waals surface area contributed by atoms with Crippen molar-refractivity contribution in [2.45, 2.75) is 38.5 Å². The fourth-order valence-corrected chi connectivity index (χ4v) is 9.74. The second-order valence-electron chi connectivity index (χ2n) is 15.7. The molecule has 61 heavy (non-hydrogen) atoms. The van der Waals surface area contributed by atoms with E-state index < -0.39 is 46.0 Å². The Bertz CT molecular complexity index is 3310. The van der Waals surface area contributed by atoms with Crippen LogP contribution >= 0.6 is 0 Å². The van der Waals surface area contributed by atoms with Gasteiger partial charge in [0.2, 0.25) is 23.0 Å². The van der Waals surface area contributed by atoms with Crippen LogP contribution < -0.4 is 0 Å². The SMILES string of the molecule is CCC1=CC=CC(c2cccc(-c3c4c(O)c(O)c(O)c(O)c4c(-c4ccc5oc6ccc7ccccc7c6c5c4)c4c(O)c(O)c(O)c(O)c34)c2)C1c1ccccc1CC. The fourth-order valence-electron chi connectivity index (χ4n) is 9.74.